The van der Waals surface area contributed by atoms with Crippen LogP contribution in [0, 0.1) is 24.0 Å². The smallest absolute Gasteiger partial charge is 0.270 e. The summed E-state index contributed by atoms with van der Waals surface area (Å²) in [6, 6.07) is 27.8. The first-order valence-corrected chi connectivity index (χ1v) is 15.0. The molecule has 0 atom stereocenters. The van der Waals surface area contributed by atoms with Gasteiger partial charge in [0.15, 0.2) is 5.76 Å². The Balaban J connectivity index is 1.37. The normalized spacial score (nSPS) is 11.7. The number of para-hydroxylation sites is 2. The van der Waals surface area contributed by atoms with Gasteiger partial charge in [-0.25, -0.2) is 13.1 Å². The summed E-state index contributed by atoms with van der Waals surface area (Å²) >= 11 is 0. The van der Waals surface area contributed by atoms with Crippen LogP contribution in [0.1, 0.15) is 16.7 Å². The summed E-state index contributed by atoms with van der Waals surface area (Å²) in [5, 5.41) is 21.5. The lowest BCUT2D eigenvalue weighted by Crippen LogP contribution is -2.16. The molecular weight excluding hydrogens is 580 g/mol. The molecule has 0 bridgehead atoms. The van der Waals surface area contributed by atoms with Crippen molar-refractivity contribution in [3.05, 3.63) is 130 Å². The highest BCUT2D eigenvalue weighted by Gasteiger charge is 2.23. The Morgan fingerprint density at radius 3 is 2.43 bits per heavy atom. The summed E-state index contributed by atoms with van der Waals surface area (Å²) in [6.07, 6.45) is 3.27. The lowest BCUT2D eigenvalue weighted by atomic mass is 10.1. The van der Waals surface area contributed by atoms with Gasteiger partial charge in [-0.3, -0.25) is 20.3 Å². The first kappa shape index (κ1) is 28.4. The fraction of sp³-hybridized carbons (Fsp3) is 0.0625. The Bertz CT molecular complexity index is 2120. The highest BCUT2D eigenvalue weighted by molar-refractivity contribution is 7.92. The van der Waals surface area contributed by atoms with Crippen LogP contribution in [-0.2, 0) is 10.0 Å². The molecule has 0 saturated carbocycles. The van der Waals surface area contributed by atoms with Gasteiger partial charge >= 0.3 is 0 Å². The predicted octanol–water partition coefficient (Wildman–Crippen LogP) is 7.06. The number of anilines is 2. The third-order valence-corrected chi connectivity index (χ3v) is 8.31. The van der Waals surface area contributed by atoms with E-state index in [4.69, 9.17) is 9.52 Å². The maximum atomic E-state index is 13.5. The van der Waals surface area contributed by atoms with Gasteiger partial charge in [0.1, 0.15) is 16.2 Å². The Labute approximate surface area is 252 Å². The number of hydrogen-bond acceptors (Lipinski definition) is 8. The van der Waals surface area contributed by atoms with Crippen LogP contribution in [0.25, 0.3) is 28.1 Å². The van der Waals surface area contributed by atoms with Gasteiger partial charge in [-0.1, -0.05) is 54.1 Å². The van der Waals surface area contributed by atoms with Crippen molar-refractivity contribution in [3.63, 3.8) is 0 Å². The van der Waals surface area contributed by atoms with Crippen LogP contribution < -0.4 is 10.1 Å². The molecule has 0 aliphatic rings. The maximum absolute atomic E-state index is 13.5. The molecule has 0 saturated heterocycles. The molecular formula is C32H26N6O5S. The number of nitro benzene ring substituents is 1. The highest BCUT2D eigenvalue weighted by Crippen LogP contribution is 2.31. The Morgan fingerprint density at radius 2 is 1.68 bits per heavy atom. The van der Waals surface area contributed by atoms with E-state index in [2.05, 4.69) is 15.2 Å². The molecule has 44 heavy (non-hydrogen) atoms. The zero-order valence-electron chi connectivity index (χ0n) is 23.6. The fourth-order valence-electron chi connectivity index (χ4n) is 4.72. The molecule has 2 heterocycles. The lowest BCUT2D eigenvalue weighted by Gasteiger charge is -2.14. The van der Waals surface area contributed by atoms with Gasteiger partial charge in [-0.15, -0.1) is 0 Å². The third-order valence-electron chi connectivity index (χ3n) is 6.90. The first-order valence-electron chi connectivity index (χ1n) is 13.5. The molecule has 220 valence electrons. The largest absolute Gasteiger partial charge is 0.454 e. The van der Waals surface area contributed by atoms with E-state index in [1.807, 2.05) is 73.7 Å². The van der Waals surface area contributed by atoms with E-state index >= 15 is 0 Å². The van der Waals surface area contributed by atoms with Crippen LogP contribution >= 0.6 is 0 Å². The quantitative estimate of drug-likeness (QED) is 0.102. The maximum Gasteiger partial charge on any atom is 0.270 e. The summed E-state index contributed by atoms with van der Waals surface area (Å²) in [6.45, 7) is 3.67. The van der Waals surface area contributed by atoms with E-state index in [-0.39, 0.29) is 16.3 Å². The second-order valence-corrected chi connectivity index (χ2v) is 11.7. The van der Waals surface area contributed by atoms with Crippen molar-refractivity contribution in [1.29, 1.82) is 0 Å². The van der Waals surface area contributed by atoms with Crippen molar-refractivity contribution in [2.75, 3.05) is 10.1 Å². The number of hydrogen-bond donors (Lipinski definition) is 2. The van der Waals surface area contributed by atoms with E-state index in [1.165, 1.54) is 18.3 Å². The van der Waals surface area contributed by atoms with Crippen LogP contribution in [0.3, 0.4) is 0 Å². The molecule has 0 spiro atoms. The van der Waals surface area contributed by atoms with Crippen molar-refractivity contribution < 1.29 is 17.8 Å². The number of aromatic nitrogens is 2. The van der Waals surface area contributed by atoms with Crippen molar-refractivity contribution in [2.24, 2.45) is 5.10 Å². The summed E-state index contributed by atoms with van der Waals surface area (Å²) in [5.41, 5.74) is 7.09. The minimum atomic E-state index is -4.25. The number of aryl methyl sites for hydroxylation is 2. The number of rotatable bonds is 9. The molecule has 11 nitrogen and oxygen atoms in total. The molecule has 2 aromatic heterocycles. The Kier molecular flexibility index (Phi) is 7.41. The molecule has 0 amide bonds. The van der Waals surface area contributed by atoms with Crippen molar-refractivity contribution in [3.8, 4) is 17.1 Å². The molecule has 0 radical (unpaired) electrons. The van der Waals surface area contributed by atoms with Gasteiger partial charge in [0.05, 0.1) is 28.2 Å². The molecule has 6 aromatic rings. The van der Waals surface area contributed by atoms with E-state index in [9.17, 15) is 18.5 Å². The molecule has 2 N–H and O–H groups in total. The Hall–Kier alpha value is -5.75. The SMILES string of the molecule is Cc1ccc(NS(=O)(=O)c2cc([N+](=O)[O-])ccc2NN=Cc2cn(-c3ccccc3)nc2-c2cc3ccccc3o2)c(C)c1. The zero-order valence-corrected chi connectivity index (χ0v) is 24.4. The molecule has 12 heteroatoms. The second-order valence-electron chi connectivity index (χ2n) is 10.1. The monoisotopic (exact) mass is 606 g/mol. The van der Waals surface area contributed by atoms with E-state index < -0.39 is 14.9 Å². The number of benzene rings is 4. The summed E-state index contributed by atoms with van der Waals surface area (Å²) in [4.78, 5) is 10.5. The molecule has 0 aliphatic heterocycles. The molecule has 0 aliphatic carbocycles. The van der Waals surface area contributed by atoms with Gasteiger partial charge < -0.3 is 4.42 Å². The minimum Gasteiger partial charge on any atom is -0.454 e. The molecule has 0 fully saturated rings. The molecule has 6 rings (SSSR count). The number of sulfonamides is 1. The topological polar surface area (TPSA) is 145 Å². The number of non-ortho nitro benzene ring substituents is 1. The van der Waals surface area contributed by atoms with Gasteiger partial charge in [0.25, 0.3) is 15.7 Å². The molecule has 4 aromatic carbocycles. The van der Waals surface area contributed by atoms with Crippen molar-refractivity contribution in [1.82, 2.24) is 9.78 Å². The lowest BCUT2D eigenvalue weighted by molar-refractivity contribution is -0.385. The van der Waals surface area contributed by atoms with Crippen LogP contribution in [-0.4, -0.2) is 29.3 Å². The van der Waals surface area contributed by atoms with Crippen LogP contribution in [0.2, 0.25) is 0 Å². The number of furan rings is 1. The predicted molar refractivity (Wildman–Crippen MR) is 170 cm³/mol. The number of nitrogens with zero attached hydrogens (tertiary/aromatic N) is 4. The fourth-order valence-corrected chi connectivity index (χ4v) is 6.03. The average Bonchev–Trinajstić information content (AvgIpc) is 3.63. The van der Waals surface area contributed by atoms with Crippen LogP contribution in [0.5, 0.6) is 0 Å². The van der Waals surface area contributed by atoms with Crippen molar-refractivity contribution in [2.45, 2.75) is 18.7 Å². The van der Waals surface area contributed by atoms with Crippen LogP contribution in [0.4, 0.5) is 17.1 Å². The number of nitrogens with one attached hydrogen (secondary N) is 2. The highest BCUT2D eigenvalue weighted by atomic mass is 32.2. The summed E-state index contributed by atoms with van der Waals surface area (Å²) in [5.74, 6) is 0.526. The number of nitro groups is 1. The van der Waals surface area contributed by atoms with E-state index in [1.54, 1.807) is 29.9 Å². The first-order chi connectivity index (χ1) is 21.2. The standard InChI is InChI=1S/C32H26N6O5S/c1-21-12-14-27(22(2)16-21)36-44(41,42)31-18-26(38(39)40)13-15-28(31)34-33-19-24-20-37(25-9-4-3-5-10-25)35-32(24)30-17-23-8-6-7-11-29(23)43-30/h3-20,34,36H,1-2H3. The van der Waals surface area contributed by atoms with E-state index in [0.717, 1.165) is 22.7 Å². The Morgan fingerprint density at radius 1 is 0.932 bits per heavy atom. The summed E-state index contributed by atoms with van der Waals surface area (Å²) in [7, 11) is -4.25. The van der Waals surface area contributed by atoms with Gasteiger partial charge in [0, 0.05) is 29.3 Å². The average molecular weight is 607 g/mol. The zero-order chi connectivity index (χ0) is 30.8. The second kappa shape index (κ2) is 11.5. The van der Waals surface area contributed by atoms with Crippen LogP contribution in [0.15, 0.2) is 118 Å². The van der Waals surface area contributed by atoms with Crippen molar-refractivity contribution >= 4 is 44.3 Å². The number of fused-ring (bicyclic) bond motifs is 1. The molecule has 0 unspecified atom stereocenters. The van der Waals surface area contributed by atoms with Gasteiger partial charge in [-0.2, -0.15) is 10.2 Å². The summed E-state index contributed by atoms with van der Waals surface area (Å²) < 4.78 is 37.3. The van der Waals surface area contributed by atoms with Gasteiger partial charge in [-0.05, 0) is 55.8 Å². The van der Waals surface area contributed by atoms with Gasteiger partial charge in [0.2, 0.25) is 0 Å². The third kappa shape index (κ3) is 5.78. The van der Waals surface area contributed by atoms with E-state index in [0.29, 0.717) is 33.9 Å². The minimum absolute atomic E-state index is 0.0462. The number of hydrazone groups is 1.